The van der Waals surface area contributed by atoms with Crippen LogP contribution in [0.1, 0.15) is 31.7 Å². The molecule has 136 valence electrons. The highest BCUT2D eigenvalue weighted by molar-refractivity contribution is 6.01. The topological polar surface area (TPSA) is 82.4 Å². The molecule has 6 heteroatoms. The van der Waals surface area contributed by atoms with Gasteiger partial charge in [0.05, 0.1) is 18.3 Å². The van der Waals surface area contributed by atoms with Gasteiger partial charge in [-0.3, -0.25) is 9.59 Å². The third kappa shape index (κ3) is 3.43. The lowest BCUT2D eigenvalue weighted by molar-refractivity contribution is -0.152. The Labute approximate surface area is 153 Å². The van der Waals surface area contributed by atoms with E-state index in [1.165, 1.54) is 0 Å². The number of piperidine rings is 1. The van der Waals surface area contributed by atoms with E-state index in [0.717, 1.165) is 24.8 Å². The predicted molar refractivity (Wildman–Crippen MR) is 95.4 cm³/mol. The normalized spacial score (nSPS) is 22.5. The number of esters is 1. The zero-order chi connectivity index (χ0) is 18.5. The second-order valence-corrected chi connectivity index (χ2v) is 6.53. The van der Waals surface area contributed by atoms with Crippen molar-refractivity contribution in [3.05, 3.63) is 47.2 Å². The molecule has 2 aliphatic rings. The van der Waals surface area contributed by atoms with E-state index in [9.17, 15) is 14.9 Å². The van der Waals surface area contributed by atoms with Gasteiger partial charge < -0.3 is 15.0 Å². The first-order chi connectivity index (χ1) is 12.7. The molecule has 1 amide bonds. The van der Waals surface area contributed by atoms with Gasteiger partial charge in [-0.15, -0.1) is 0 Å². The largest absolute Gasteiger partial charge is 0.465 e. The van der Waals surface area contributed by atoms with Gasteiger partial charge in [0.2, 0.25) is 0 Å². The first kappa shape index (κ1) is 18.0. The van der Waals surface area contributed by atoms with E-state index in [0.29, 0.717) is 18.8 Å². The maximum absolute atomic E-state index is 12.8. The van der Waals surface area contributed by atoms with Gasteiger partial charge in [0.15, 0.2) is 0 Å². The second-order valence-electron chi connectivity index (χ2n) is 6.53. The van der Waals surface area contributed by atoms with Crippen molar-refractivity contribution in [3.8, 4) is 6.07 Å². The van der Waals surface area contributed by atoms with E-state index in [1.54, 1.807) is 11.8 Å². The van der Waals surface area contributed by atoms with Crippen LogP contribution in [-0.4, -0.2) is 36.0 Å². The number of nitrogens with one attached hydrogen (secondary N) is 1. The predicted octanol–water partition coefficient (Wildman–Crippen LogP) is 2.13. The van der Waals surface area contributed by atoms with Crippen molar-refractivity contribution in [2.45, 2.75) is 38.8 Å². The third-order valence-electron chi connectivity index (χ3n) is 4.97. The minimum absolute atomic E-state index is 0.0251. The summed E-state index contributed by atoms with van der Waals surface area (Å²) in [4.78, 5) is 27.2. The molecule has 1 fully saturated rings. The molecule has 3 rings (SSSR count). The quantitative estimate of drug-likeness (QED) is 0.820. The standard InChI is InChI=1S/C20H23N3O3/c1-2-26-20(25)17-16-10-6-7-11-23(16)19(24)15(12-21)18(17)22-13-14-8-4-3-5-9-14/h3-5,8-9,16-17,22H,2,6-7,10-11,13H2,1H3. The van der Waals surface area contributed by atoms with Crippen LogP contribution in [0.3, 0.4) is 0 Å². The molecular formula is C20H23N3O3. The summed E-state index contributed by atoms with van der Waals surface area (Å²) in [6.07, 6.45) is 2.59. The molecule has 2 heterocycles. The molecule has 2 aliphatic heterocycles. The fourth-order valence-corrected chi connectivity index (χ4v) is 3.77. The average Bonchev–Trinajstić information content (AvgIpc) is 2.67. The van der Waals surface area contributed by atoms with Gasteiger partial charge in [-0.25, -0.2) is 0 Å². The lowest BCUT2D eigenvalue weighted by atomic mass is 9.82. The van der Waals surface area contributed by atoms with Crippen molar-refractivity contribution in [2.75, 3.05) is 13.2 Å². The maximum Gasteiger partial charge on any atom is 0.317 e. The molecule has 0 saturated carbocycles. The summed E-state index contributed by atoms with van der Waals surface area (Å²) >= 11 is 0. The van der Waals surface area contributed by atoms with Crippen LogP contribution in [0.15, 0.2) is 41.6 Å². The zero-order valence-corrected chi connectivity index (χ0v) is 14.9. The maximum atomic E-state index is 12.8. The van der Waals surface area contributed by atoms with Gasteiger partial charge in [-0.2, -0.15) is 5.26 Å². The minimum Gasteiger partial charge on any atom is -0.465 e. The average molecular weight is 353 g/mol. The van der Waals surface area contributed by atoms with E-state index in [1.807, 2.05) is 36.4 Å². The Balaban J connectivity index is 1.97. The number of carbonyl (C=O) groups is 2. The number of fused-ring (bicyclic) bond motifs is 1. The molecule has 0 spiro atoms. The fourth-order valence-electron chi connectivity index (χ4n) is 3.77. The molecule has 0 radical (unpaired) electrons. The van der Waals surface area contributed by atoms with Crippen LogP contribution in [0.4, 0.5) is 0 Å². The van der Waals surface area contributed by atoms with Gasteiger partial charge in [0.25, 0.3) is 5.91 Å². The third-order valence-corrected chi connectivity index (χ3v) is 4.97. The summed E-state index contributed by atoms with van der Waals surface area (Å²) in [5.74, 6) is -1.29. The molecular weight excluding hydrogens is 330 g/mol. The van der Waals surface area contributed by atoms with Gasteiger partial charge >= 0.3 is 5.97 Å². The van der Waals surface area contributed by atoms with Crippen LogP contribution in [0, 0.1) is 17.2 Å². The summed E-state index contributed by atoms with van der Waals surface area (Å²) < 4.78 is 5.28. The van der Waals surface area contributed by atoms with Gasteiger partial charge in [0, 0.05) is 13.1 Å². The number of amides is 1. The van der Waals surface area contributed by atoms with Gasteiger partial charge in [-0.05, 0) is 31.7 Å². The Kier molecular flexibility index (Phi) is 5.57. The molecule has 2 unspecified atom stereocenters. The van der Waals surface area contributed by atoms with E-state index in [-0.39, 0.29) is 30.1 Å². The number of nitrogens with zero attached hydrogens (tertiary/aromatic N) is 2. The number of rotatable bonds is 5. The smallest absolute Gasteiger partial charge is 0.317 e. The highest BCUT2D eigenvalue weighted by atomic mass is 16.5. The summed E-state index contributed by atoms with van der Waals surface area (Å²) in [5.41, 5.74) is 1.44. The summed E-state index contributed by atoms with van der Waals surface area (Å²) in [6.45, 7) is 3.05. The molecule has 0 aliphatic carbocycles. The molecule has 1 aromatic carbocycles. The number of hydrogen-bond acceptors (Lipinski definition) is 5. The summed E-state index contributed by atoms with van der Waals surface area (Å²) in [6, 6.07) is 11.5. The lowest BCUT2D eigenvalue weighted by Crippen LogP contribution is -2.56. The summed E-state index contributed by atoms with van der Waals surface area (Å²) in [7, 11) is 0. The Morgan fingerprint density at radius 1 is 1.35 bits per heavy atom. The van der Waals surface area contributed by atoms with E-state index < -0.39 is 5.92 Å². The number of benzene rings is 1. The van der Waals surface area contributed by atoms with Gasteiger partial charge in [0.1, 0.15) is 17.6 Å². The lowest BCUT2D eigenvalue weighted by Gasteiger charge is -2.43. The Morgan fingerprint density at radius 2 is 2.12 bits per heavy atom. The summed E-state index contributed by atoms with van der Waals surface area (Å²) in [5, 5.41) is 12.8. The van der Waals surface area contributed by atoms with Crippen molar-refractivity contribution in [1.82, 2.24) is 10.2 Å². The monoisotopic (exact) mass is 353 g/mol. The van der Waals surface area contributed by atoms with E-state index in [2.05, 4.69) is 5.32 Å². The van der Waals surface area contributed by atoms with Crippen molar-refractivity contribution in [2.24, 2.45) is 5.92 Å². The molecule has 26 heavy (non-hydrogen) atoms. The number of ether oxygens (including phenoxy) is 1. The molecule has 2 atom stereocenters. The highest BCUT2D eigenvalue weighted by Crippen LogP contribution is 2.35. The Hall–Kier alpha value is -2.81. The highest BCUT2D eigenvalue weighted by Gasteiger charge is 2.46. The van der Waals surface area contributed by atoms with Crippen molar-refractivity contribution >= 4 is 11.9 Å². The number of hydrogen-bond donors (Lipinski definition) is 1. The van der Waals surface area contributed by atoms with E-state index >= 15 is 0 Å². The second kappa shape index (κ2) is 8.05. The van der Waals surface area contributed by atoms with Crippen LogP contribution >= 0.6 is 0 Å². The first-order valence-electron chi connectivity index (χ1n) is 9.07. The van der Waals surface area contributed by atoms with Crippen molar-refractivity contribution in [1.29, 1.82) is 5.26 Å². The van der Waals surface area contributed by atoms with Crippen LogP contribution in [0.2, 0.25) is 0 Å². The van der Waals surface area contributed by atoms with Crippen LogP contribution in [-0.2, 0) is 20.9 Å². The van der Waals surface area contributed by atoms with E-state index in [4.69, 9.17) is 4.74 Å². The SMILES string of the molecule is CCOC(=O)C1C(NCc2ccccc2)=C(C#N)C(=O)N2CCCCC12. The minimum atomic E-state index is -0.633. The molecule has 1 aromatic rings. The first-order valence-corrected chi connectivity index (χ1v) is 9.07. The molecule has 0 aromatic heterocycles. The molecule has 6 nitrogen and oxygen atoms in total. The zero-order valence-electron chi connectivity index (χ0n) is 14.9. The van der Waals surface area contributed by atoms with Crippen molar-refractivity contribution in [3.63, 3.8) is 0 Å². The number of carbonyl (C=O) groups excluding carboxylic acids is 2. The Morgan fingerprint density at radius 3 is 2.81 bits per heavy atom. The fraction of sp³-hybridized carbons (Fsp3) is 0.450. The van der Waals surface area contributed by atoms with Crippen LogP contribution in [0.5, 0.6) is 0 Å². The molecule has 1 N–H and O–H groups in total. The Bertz CT molecular complexity index is 751. The van der Waals surface area contributed by atoms with Crippen LogP contribution < -0.4 is 5.32 Å². The number of nitriles is 1. The van der Waals surface area contributed by atoms with Gasteiger partial charge in [-0.1, -0.05) is 30.3 Å². The van der Waals surface area contributed by atoms with Crippen LogP contribution in [0.25, 0.3) is 0 Å². The molecule has 0 bridgehead atoms. The molecule has 1 saturated heterocycles. The van der Waals surface area contributed by atoms with Crippen molar-refractivity contribution < 1.29 is 14.3 Å².